The second-order valence-electron chi connectivity index (χ2n) is 6.76. The van der Waals surface area contributed by atoms with E-state index in [1.165, 1.54) is 40.5 Å². The van der Waals surface area contributed by atoms with Gasteiger partial charge in [0.05, 0.1) is 0 Å². The lowest BCUT2D eigenvalue weighted by atomic mass is 10.0. The van der Waals surface area contributed by atoms with Gasteiger partial charge in [0, 0.05) is 11.0 Å². The molecule has 0 saturated heterocycles. The molecule has 28 heavy (non-hydrogen) atoms. The van der Waals surface area contributed by atoms with E-state index in [1.807, 2.05) is 18.2 Å². The van der Waals surface area contributed by atoms with E-state index in [4.69, 9.17) is 4.74 Å². The molecule has 2 aromatic carbocycles. The van der Waals surface area contributed by atoms with E-state index in [1.54, 1.807) is 0 Å². The number of allylic oxidation sites excluding steroid dienone is 1. The van der Waals surface area contributed by atoms with E-state index < -0.39 is 0 Å². The van der Waals surface area contributed by atoms with Gasteiger partial charge in [-0.1, -0.05) is 92.6 Å². The Morgan fingerprint density at radius 1 is 0.857 bits per heavy atom. The van der Waals surface area contributed by atoms with Crippen LogP contribution in [0.25, 0.3) is 21.6 Å². The average Bonchev–Trinajstić information content (AvgIpc) is 3.17. The van der Waals surface area contributed by atoms with Gasteiger partial charge in [-0.2, -0.15) is 0 Å². The van der Waals surface area contributed by atoms with Gasteiger partial charge in [-0.15, -0.1) is 0 Å². The van der Waals surface area contributed by atoms with Gasteiger partial charge in [-0.05, 0) is 47.2 Å². The average molecular weight is 391 g/mol. The van der Waals surface area contributed by atoms with Crippen LogP contribution < -0.4 is 4.74 Å². The Labute approximate surface area is 171 Å². The van der Waals surface area contributed by atoms with Crippen LogP contribution in [0.15, 0.2) is 72.8 Å². The second kappa shape index (κ2) is 10.0. The second-order valence-corrected chi connectivity index (χ2v) is 7.80. The van der Waals surface area contributed by atoms with Crippen molar-refractivity contribution >= 4 is 17.3 Å². The Kier molecular flexibility index (Phi) is 7.21. The first kappa shape index (κ1) is 20.1. The highest BCUT2D eigenvalue weighted by Gasteiger charge is 2.07. The molecule has 0 atom stereocenters. The molecule has 0 unspecified atom stereocenters. The van der Waals surface area contributed by atoms with Crippen molar-refractivity contribution in [3.05, 3.63) is 78.4 Å². The normalized spacial score (nSPS) is 11.1. The van der Waals surface area contributed by atoms with Crippen molar-refractivity contribution < 1.29 is 9.53 Å². The van der Waals surface area contributed by atoms with Gasteiger partial charge in [0.25, 0.3) is 0 Å². The Hall–Kier alpha value is -2.65. The highest BCUT2D eigenvalue weighted by atomic mass is 32.1. The first-order valence-corrected chi connectivity index (χ1v) is 10.7. The van der Waals surface area contributed by atoms with Gasteiger partial charge in [-0.25, -0.2) is 4.79 Å². The molecule has 0 bridgehead atoms. The first-order chi connectivity index (χ1) is 13.7. The zero-order valence-electron chi connectivity index (χ0n) is 16.5. The predicted octanol–water partition coefficient (Wildman–Crippen LogP) is 7.30. The van der Waals surface area contributed by atoms with E-state index in [2.05, 4.69) is 62.4 Å². The number of hydrogen-bond acceptors (Lipinski definition) is 3. The number of benzene rings is 2. The van der Waals surface area contributed by atoms with Gasteiger partial charge >= 0.3 is 5.97 Å². The third kappa shape index (κ3) is 5.43. The summed E-state index contributed by atoms with van der Waals surface area (Å²) in [4.78, 5) is 12.9. The molecule has 0 saturated carbocycles. The maximum Gasteiger partial charge on any atom is 0.336 e. The first-order valence-electron chi connectivity index (χ1n) is 9.87. The topological polar surface area (TPSA) is 26.3 Å². The molecule has 0 aliphatic heterocycles. The zero-order valence-corrected chi connectivity index (χ0v) is 17.3. The van der Waals surface area contributed by atoms with Crippen molar-refractivity contribution in [2.45, 2.75) is 39.5 Å². The van der Waals surface area contributed by atoms with Crippen molar-refractivity contribution in [1.82, 2.24) is 0 Å². The molecular weight excluding hydrogens is 364 g/mol. The maximum atomic E-state index is 11.8. The number of rotatable bonds is 8. The molecule has 1 heterocycles. The largest absolute Gasteiger partial charge is 0.412 e. The fraction of sp³-hybridized carbons (Fsp3) is 0.240. The van der Waals surface area contributed by atoms with Crippen LogP contribution in [-0.4, -0.2) is 5.97 Å². The molecule has 0 spiro atoms. The minimum atomic E-state index is -0.316. The molecule has 0 amide bonds. The molecule has 0 fully saturated rings. The Bertz CT molecular complexity index is 918. The summed E-state index contributed by atoms with van der Waals surface area (Å²) in [5, 5.41) is 0.622. The molecule has 3 aromatic rings. The standard InChI is InChI=1S/C25H26O2S/c1-3-5-6-8-24(26)27-25-18-17-23(28-25)22-15-13-21(14-16-22)20-11-9-19(7-4-2)10-12-20/h6,8-18H,3-5,7H2,1-2H3. The van der Waals surface area contributed by atoms with Gasteiger partial charge < -0.3 is 4.74 Å². The van der Waals surface area contributed by atoms with Gasteiger partial charge in [-0.3, -0.25) is 0 Å². The van der Waals surface area contributed by atoms with Crippen LogP contribution in [0.1, 0.15) is 38.7 Å². The van der Waals surface area contributed by atoms with Crippen LogP contribution in [-0.2, 0) is 11.2 Å². The van der Waals surface area contributed by atoms with Gasteiger partial charge in [0.1, 0.15) is 0 Å². The highest BCUT2D eigenvalue weighted by Crippen LogP contribution is 2.34. The number of carbonyl (C=O) groups is 1. The molecule has 3 rings (SSSR count). The molecule has 0 N–H and O–H groups in total. The number of hydrogen-bond donors (Lipinski definition) is 0. The Morgan fingerprint density at radius 2 is 1.50 bits per heavy atom. The van der Waals surface area contributed by atoms with E-state index in [0.29, 0.717) is 5.06 Å². The lowest BCUT2D eigenvalue weighted by Gasteiger charge is -2.05. The highest BCUT2D eigenvalue weighted by molar-refractivity contribution is 7.17. The van der Waals surface area contributed by atoms with Crippen molar-refractivity contribution in [3.8, 4) is 26.6 Å². The van der Waals surface area contributed by atoms with E-state index in [9.17, 15) is 4.79 Å². The van der Waals surface area contributed by atoms with Gasteiger partial charge in [0.2, 0.25) is 0 Å². The van der Waals surface area contributed by atoms with Crippen LogP contribution in [0.5, 0.6) is 5.06 Å². The molecular formula is C25H26O2S. The summed E-state index contributed by atoms with van der Waals surface area (Å²) in [6.45, 7) is 4.28. The fourth-order valence-electron chi connectivity index (χ4n) is 2.99. The van der Waals surface area contributed by atoms with E-state index in [0.717, 1.165) is 29.7 Å². The minimum absolute atomic E-state index is 0.316. The molecule has 144 valence electrons. The van der Waals surface area contributed by atoms with Crippen molar-refractivity contribution in [2.24, 2.45) is 0 Å². The number of carbonyl (C=O) groups excluding carboxylic acids is 1. The third-order valence-corrected chi connectivity index (χ3v) is 5.50. The number of esters is 1. The summed E-state index contributed by atoms with van der Waals surface area (Å²) in [7, 11) is 0. The maximum absolute atomic E-state index is 11.8. The summed E-state index contributed by atoms with van der Waals surface area (Å²) in [5.74, 6) is -0.316. The summed E-state index contributed by atoms with van der Waals surface area (Å²) >= 11 is 1.49. The van der Waals surface area contributed by atoms with E-state index in [-0.39, 0.29) is 5.97 Å². The van der Waals surface area contributed by atoms with Crippen molar-refractivity contribution in [3.63, 3.8) is 0 Å². The number of unbranched alkanes of at least 4 members (excludes halogenated alkanes) is 1. The molecule has 0 aliphatic carbocycles. The molecule has 1 aromatic heterocycles. The number of aryl methyl sites for hydroxylation is 1. The number of ether oxygens (including phenoxy) is 1. The Morgan fingerprint density at radius 3 is 2.14 bits per heavy atom. The van der Waals surface area contributed by atoms with Crippen molar-refractivity contribution in [1.29, 1.82) is 0 Å². The lowest BCUT2D eigenvalue weighted by molar-refractivity contribution is -0.128. The molecule has 2 nitrogen and oxygen atoms in total. The SMILES string of the molecule is CCCC=CC(=O)Oc1ccc(-c2ccc(-c3ccc(CCC)cc3)cc2)s1. The summed E-state index contributed by atoms with van der Waals surface area (Å²) < 4.78 is 5.38. The van der Waals surface area contributed by atoms with E-state index >= 15 is 0 Å². The fourth-order valence-corrected chi connectivity index (χ4v) is 3.86. The molecule has 0 aliphatic rings. The third-order valence-electron chi connectivity index (χ3n) is 4.49. The van der Waals surface area contributed by atoms with Gasteiger partial charge in [0.15, 0.2) is 5.06 Å². The summed E-state index contributed by atoms with van der Waals surface area (Å²) in [5.41, 5.74) is 4.94. The molecule has 3 heteroatoms. The Balaban J connectivity index is 1.67. The van der Waals surface area contributed by atoms with Crippen LogP contribution in [0, 0.1) is 0 Å². The summed E-state index contributed by atoms with van der Waals surface area (Å²) in [6.07, 6.45) is 7.55. The zero-order chi connectivity index (χ0) is 19.8. The van der Waals surface area contributed by atoms with Crippen LogP contribution >= 0.6 is 11.3 Å². The number of thiophene rings is 1. The summed E-state index contributed by atoms with van der Waals surface area (Å²) in [6, 6.07) is 21.2. The molecule has 0 radical (unpaired) electrons. The predicted molar refractivity (Wildman–Crippen MR) is 119 cm³/mol. The van der Waals surface area contributed by atoms with Crippen molar-refractivity contribution in [2.75, 3.05) is 0 Å². The lowest BCUT2D eigenvalue weighted by Crippen LogP contribution is -2.01. The van der Waals surface area contributed by atoms with Crippen LogP contribution in [0.2, 0.25) is 0 Å². The smallest absolute Gasteiger partial charge is 0.336 e. The minimum Gasteiger partial charge on any atom is -0.412 e. The monoisotopic (exact) mass is 390 g/mol. The van der Waals surface area contributed by atoms with Crippen LogP contribution in [0.3, 0.4) is 0 Å². The quantitative estimate of drug-likeness (QED) is 0.298. The van der Waals surface area contributed by atoms with Crippen LogP contribution in [0.4, 0.5) is 0 Å².